The highest BCUT2D eigenvalue weighted by Crippen LogP contribution is 2.12. The highest BCUT2D eigenvalue weighted by atomic mass is 16.1. The Hall–Kier alpha value is -1.35. The van der Waals surface area contributed by atoms with Crippen molar-refractivity contribution in [3.63, 3.8) is 0 Å². The first-order valence-corrected chi connectivity index (χ1v) is 6.74. The third-order valence-corrected chi connectivity index (χ3v) is 3.04. The minimum absolute atomic E-state index is 0.0681. The second-order valence-corrected chi connectivity index (χ2v) is 4.87. The maximum absolute atomic E-state index is 11.7. The molecule has 0 heterocycles. The Kier molecular flexibility index (Phi) is 6.44. The summed E-state index contributed by atoms with van der Waals surface area (Å²) in [5.41, 5.74) is 7.71. The van der Waals surface area contributed by atoms with E-state index in [1.54, 1.807) is 0 Å². The number of amides is 1. The van der Waals surface area contributed by atoms with E-state index in [0.29, 0.717) is 18.9 Å². The number of rotatable bonds is 7. The Balaban J connectivity index is 2.39. The molecule has 1 unspecified atom stereocenters. The van der Waals surface area contributed by atoms with Crippen LogP contribution in [0.15, 0.2) is 24.3 Å². The van der Waals surface area contributed by atoms with Gasteiger partial charge in [-0.1, -0.05) is 32.4 Å². The minimum atomic E-state index is 0.0681. The number of nitrogens with two attached hydrogens (primary N) is 1. The summed E-state index contributed by atoms with van der Waals surface area (Å²) in [5.74, 6) is 0.473. The van der Waals surface area contributed by atoms with Crippen molar-refractivity contribution in [1.82, 2.24) is 0 Å². The maximum atomic E-state index is 11.7. The molecule has 0 aliphatic heterocycles. The molecule has 18 heavy (non-hydrogen) atoms. The van der Waals surface area contributed by atoms with E-state index >= 15 is 0 Å². The smallest absolute Gasteiger partial charge is 0.224 e. The predicted molar refractivity (Wildman–Crippen MR) is 76.5 cm³/mol. The zero-order valence-corrected chi connectivity index (χ0v) is 11.4. The van der Waals surface area contributed by atoms with Crippen molar-refractivity contribution >= 4 is 11.6 Å². The van der Waals surface area contributed by atoms with Crippen molar-refractivity contribution in [2.45, 2.75) is 39.5 Å². The van der Waals surface area contributed by atoms with Crippen molar-refractivity contribution in [3.05, 3.63) is 29.8 Å². The van der Waals surface area contributed by atoms with Gasteiger partial charge in [-0.25, -0.2) is 0 Å². The van der Waals surface area contributed by atoms with E-state index in [4.69, 9.17) is 5.73 Å². The van der Waals surface area contributed by atoms with Gasteiger partial charge >= 0.3 is 0 Å². The molecule has 0 bridgehead atoms. The van der Waals surface area contributed by atoms with E-state index < -0.39 is 0 Å². The van der Waals surface area contributed by atoms with Crippen molar-refractivity contribution in [2.75, 3.05) is 11.9 Å². The van der Waals surface area contributed by atoms with Gasteiger partial charge < -0.3 is 11.1 Å². The van der Waals surface area contributed by atoms with Crippen LogP contribution in [0.25, 0.3) is 0 Å². The lowest BCUT2D eigenvalue weighted by molar-refractivity contribution is -0.116. The molecular formula is C15H24N2O. The molecule has 0 saturated carbocycles. The normalized spacial score (nSPS) is 12.2. The Labute approximate surface area is 110 Å². The lowest BCUT2D eigenvalue weighted by Gasteiger charge is -2.09. The lowest BCUT2D eigenvalue weighted by Crippen LogP contribution is -2.16. The average Bonchev–Trinajstić information content (AvgIpc) is 2.38. The van der Waals surface area contributed by atoms with Gasteiger partial charge in [-0.3, -0.25) is 4.79 Å². The second kappa shape index (κ2) is 7.88. The summed E-state index contributed by atoms with van der Waals surface area (Å²) in [7, 11) is 0. The molecule has 0 aliphatic carbocycles. The maximum Gasteiger partial charge on any atom is 0.224 e. The number of aryl methyl sites for hydroxylation is 1. The molecule has 0 spiro atoms. The second-order valence-electron chi connectivity index (χ2n) is 4.87. The number of nitrogens with one attached hydrogen (secondary N) is 1. The average molecular weight is 248 g/mol. The monoisotopic (exact) mass is 248 g/mol. The SMILES string of the molecule is CCCc1ccc(NC(=O)CCC(C)CN)cc1. The Morgan fingerprint density at radius 1 is 1.33 bits per heavy atom. The predicted octanol–water partition coefficient (Wildman–Crippen LogP) is 2.95. The molecule has 0 aromatic heterocycles. The number of carbonyl (C=O) groups excluding carboxylic acids is 1. The molecule has 3 heteroatoms. The molecule has 100 valence electrons. The Bertz CT molecular complexity index is 359. The van der Waals surface area contributed by atoms with Crippen LogP contribution in [0.4, 0.5) is 5.69 Å². The van der Waals surface area contributed by atoms with Gasteiger partial charge in [0, 0.05) is 12.1 Å². The van der Waals surface area contributed by atoms with Crippen molar-refractivity contribution in [3.8, 4) is 0 Å². The highest BCUT2D eigenvalue weighted by molar-refractivity contribution is 5.90. The van der Waals surface area contributed by atoms with Crippen LogP contribution in [0, 0.1) is 5.92 Å². The molecule has 1 amide bonds. The Morgan fingerprint density at radius 2 is 2.00 bits per heavy atom. The van der Waals surface area contributed by atoms with Crippen LogP contribution in [-0.4, -0.2) is 12.5 Å². The van der Waals surface area contributed by atoms with Gasteiger partial charge in [-0.05, 0) is 43.0 Å². The molecule has 1 rings (SSSR count). The van der Waals surface area contributed by atoms with E-state index in [-0.39, 0.29) is 5.91 Å². The first-order chi connectivity index (χ1) is 8.65. The van der Waals surface area contributed by atoms with Crippen LogP contribution >= 0.6 is 0 Å². The van der Waals surface area contributed by atoms with Crippen molar-refractivity contribution in [1.29, 1.82) is 0 Å². The quantitative estimate of drug-likeness (QED) is 0.779. The first kappa shape index (κ1) is 14.7. The van der Waals surface area contributed by atoms with Crippen LogP contribution in [0.2, 0.25) is 0 Å². The molecule has 0 fully saturated rings. The van der Waals surface area contributed by atoms with Gasteiger partial charge in [-0.2, -0.15) is 0 Å². The Morgan fingerprint density at radius 3 is 2.56 bits per heavy atom. The van der Waals surface area contributed by atoms with Gasteiger partial charge in [-0.15, -0.1) is 0 Å². The standard InChI is InChI=1S/C15H24N2O/c1-3-4-13-6-8-14(9-7-13)17-15(18)10-5-12(2)11-16/h6-9,12H,3-5,10-11,16H2,1-2H3,(H,17,18). The van der Waals surface area contributed by atoms with Crippen LogP contribution in [0.3, 0.4) is 0 Å². The molecular weight excluding hydrogens is 224 g/mol. The van der Waals surface area contributed by atoms with E-state index in [2.05, 4.69) is 31.3 Å². The zero-order chi connectivity index (χ0) is 13.4. The summed E-state index contributed by atoms with van der Waals surface area (Å²) in [4.78, 5) is 11.7. The number of benzene rings is 1. The number of carbonyl (C=O) groups is 1. The summed E-state index contributed by atoms with van der Waals surface area (Å²) in [6, 6.07) is 8.08. The molecule has 1 aromatic carbocycles. The third kappa shape index (κ3) is 5.32. The van der Waals surface area contributed by atoms with Crippen LogP contribution in [-0.2, 0) is 11.2 Å². The van der Waals surface area contributed by atoms with Crippen LogP contribution < -0.4 is 11.1 Å². The van der Waals surface area contributed by atoms with Crippen LogP contribution in [0.5, 0.6) is 0 Å². The topological polar surface area (TPSA) is 55.1 Å². The van der Waals surface area contributed by atoms with E-state index in [0.717, 1.165) is 24.9 Å². The van der Waals surface area contributed by atoms with Gasteiger partial charge in [0.05, 0.1) is 0 Å². The van der Waals surface area contributed by atoms with Crippen molar-refractivity contribution in [2.24, 2.45) is 11.7 Å². The summed E-state index contributed by atoms with van der Waals surface area (Å²) >= 11 is 0. The zero-order valence-electron chi connectivity index (χ0n) is 11.4. The van der Waals surface area contributed by atoms with Crippen LogP contribution in [0.1, 0.15) is 38.7 Å². The van der Waals surface area contributed by atoms with Crippen molar-refractivity contribution < 1.29 is 4.79 Å². The fourth-order valence-electron chi connectivity index (χ4n) is 1.76. The minimum Gasteiger partial charge on any atom is -0.330 e. The highest BCUT2D eigenvalue weighted by Gasteiger charge is 2.05. The number of anilines is 1. The molecule has 3 N–H and O–H groups in total. The van der Waals surface area contributed by atoms with E-state index in [9.17, 15) is 4.79 Å². The third-order valence-electron chi connectivity index (χ3n) is 3.04. The molecule has 0 saturated heterocycles. The summed E-state index contributed by atoms with van der Waals surface area (Å²) in [5, 5.41) is 2.91. The first-order valence-electron chi connectivity index (χ1n) is 6.74. The van der Waals surface area contributed by atoms with Gasteiger partial charge in [0.1, 0.15) is 0 Å². The fourth-order valence-corrected chi connectivity index (χ4v) is 1.76. The molecule has 0 aliphatic rings. The lowest BCUT2D eigenvalue weighted by atomic mass is 10.1. The van der Waals surface area contributed by atoms with Gasteiger partial charge in [0.15, 0.2) is 0 Å². The summed E-state index contributed by atoms with van der Waals surface area (Å²) < 4.78 is 0. The largest absolute Gasteiger partial charge is 0.330 e. The number of hydrogen-bond donors (Lipinski definition) is 2. The van der Waals surface area contributed by atoms with Gasteiger partial charge in [0.2, 0.25) is 5.91 Å². The molecule has 0 radical (unpaired) electrons. The molecule has 3 nitrogen and oxygen atoms in total. The number of hydrogen-bond acceptors (Lipinski definition) is 2. The van der Waals surface area contributed by atoms with E-state index in [1.165, 1.54) is 5.56 Å². The fraction of sp³-hybridized carbons (Fsp3) is 0.533. The summed E-state index contributed by atoms with van der Waals surface area (Å²) in [6.07, 6.45) is 3.61. The van der Waals surface area contributed by atoms with E-state index in [1.807, 2.05) is 12.1 Å². The summed E-state index contributed by atoms with van der Waals surface area (Å²) in [6.45, 7) is 4.86. The molecule has 1 aromatic rings. The van der Waals surface area contributed by atoms with Gasteiger partial charge in [0.25, 0.3) is 0 Å². The molecule has 1 atom stereocenters.